The number of hydrogen-bond acceptors (Lipinski definition) is 1. The summed E-state index contributed by atoms with van der Waals surface area (Å²) in [6, 6.07) is 0. The number of carboxylic acids is 1. The van der Waals surface area contributed by atoms with Crippen LogP contribution in [0.1, 0.15) is 0 Å². The molecule has 0 saturated carbocycles. The quantitative estimate of drug-likeness (QED) is 0.349. The predicted octanol–water partition coefficient (Wildman–Crippen LogP) is 1.02. The Morgan fingerprint density at radius 2 is 1.89 bits per heavy atom. The van der Waals surface area contributed by atoms with E-state index in [2.05, 4.69) is 13.2 Å². The van der Waals surface area contributed by atoms with Crippen molar-refractivity contribution in [2.75, 3.05) is 0 Å². The zero-order chi connectivity index (χ0) is 7.70. The van der Waals surface area contributed by atoms with E-state index in [0.717, 1.165) is 6.08 Å². The van der Waals surface area contributed by atoms with Crippen LogP contribution in [-0.4, -0.2) is 39.0 Å². The molecule has 9 heavy (non-hydrogen) atoms. The molecule has 0 aliphatic carbocycles. The summed E-state index contributed by atoms with van der Waals surface area (Å²) in [6.07, 6.45) is 2.77. The van der Waals surface area contributed by atoms with Crippen LogP contribution >= 0.6 is 0 Å². The van der Waals surface area contributed by atoms with Crippen molar-refractivity contribution >= 4 is 33.9 Å². The second-order valence-electron chi connectivity index (χ2n) is 1.24. The van der Waals surface area contributed by atoms with Crippen molar-refractivity contribution in [3.63, 3.8) is 0 Å². The summed E-state index contributed by atoms with van der Waals surface area (Å²) in [7, 11) is 0. The fraction of sp³-hybridized carbons (Fsp3) is 0.167. The van der Waals surface area contributed by atoms with Crippen molar-refractivity contribution in [1.82, 2.24) is 0 Å². The van der Waals surface area contributed by atoms with Crippen molar-refractivity contribution in [2.45, 2.75) is 3.67 Å². The van der Waals surface area contributed by atoms with Gasteiger partial charge in [-0.05, 0) is 0 Å². The Morgan fingerprint density at radius 1 is 1.67 bits per heavy atom. The van der Waals surface area contributed by atoms with E-state index in [-0.39, 0.29) is 0 Å². The Bertz CT molecular complexity index is 99.2. The van der Waals surface area contributed by atoms with Gasteiger partial charge in [0, 0.05) is 6.08 Å². The minimum absolute atomic E-state index is 0.833. The molecule has 0 amide bonds. The van der Waals surface area contributed by atoms with E-state index in [0.29, 0.717) is 0 Å². The van der Waals surface area contributed by atoms with Gasteiger partial charge in [0.25, 0.3) is 0 Å². The Kier molecular flexibility index (Phi) is 14.1. The first-order valence-electron chi connectivity index (χ1n) is 2.65. The summed E-state index contributed by atoms with van der Waals surface area (Å²) in [4.78, 5) is 9.25. The van der Waals surface area contributed by atoms with E-state index < -0.39 is 5.97 Å². The van der Waals surface area contributed by atoms with E-state index >= 15 is 0 Å². The van der Waals surface area contributed by atoms with Gasteiger partial charge in [0.05, 0.1) is 0 Å². The number of rotatable bonds is 2. The third-order valence-electron chi connectivity index (χ3n) is 0.463. The maximum absolute atomic E-state index is 9.25. The number of hydrogen-bond donors (Lipinski definition) is 1. The Hall–Kier alpha value is -0.0500. The monoisotopic (exact) mass is 136 g/mol. The SMILES string of the molecule is C=CC(=O)O.C=C[CH2][Na]. The Balaban J connectivity index is 0. The predicted molar refractivity (Wildman–Crippen MR) is 38.6 cm³/mol. The zero-order valence-corrected chi connectivity index (χ0v) is 7.63. The van der Waals surface area contributed by atoms with E-state index in [4.69, 9.17) is 5.11 Å². The van der Waals surface area contributed by atoms with Crippen molar-refractivity contribution in [2.24, 2.45) is 0 Å². The van der Waals surface area contributed by atoms with Crippen LogP contribution in [0, 0.1) is 0 Å². The van der Waals surface area contributed by atoms with E-state index in [1.807, 2.05) is 6.08 Å². The van der Waals surface area contributed by atoms with Gasteiger partial charge in [-0.2, -0.15) is 0 Å². The molecule has 0 fully saturated rings. The van der Waals surface area contributed by atoms with Crippen LogP contribution < -0.4 is 0 Å². The number of carbonyl (C=O) groups is 1. The van der Waals surface area contributed by atoms with Crippen LogP contribution in [-0.2, 0) is 4.79 Å². The minimum atomic E-state index is -0.981. The summed E-state index contributed by atoms with van der Waals surface area (Å²) in [5, 5.41) is 7.60. The van der Waals surface area contributed by atoms with Crippen molar-refractivity contribution in [1.29, 1.82) is 0 Å². The average molecular weight is 136 g/mol. The van der Waals surface area contributed by atoms with Crippen LogP contribution in [0.25, 0.3) is 0 Å². The molecule has 0 aliphatic rings. The topological polar surface area (TPSA) is 37.3 Å². The molecular weight excluding hydrogens is 127 g/mol. The first-order chi connectivity index (χ1) is 4.18. The van der Waals surface area contributed by atoms with Crippen LogP contribution in [0.15, 0.2) is 25.3 Å². The van der Waals surface area contributed by atoms with Crippen molar-refractivity contribution in [3.8, 4) is 0 Å². The molecule has 0 radical (unpaired) electrons. The van der Waals surface area contributed by atoms with Gasteiger partial charge in [0.1, 0.15) is 0 Å². The van der Waals surface area contributed by atoms with Gasteiger partial charge >= 0.3 is 50.2 Å². The normalized spacial score (nSPS) is 6.44. The molecule has 46 valence electrons. The third-order valence-corrected chi connectivity index (χ3v) is 1.04. The Morgan fingerprint density at radius 3 is 1.89 bits per heavy atom. The molecular formula is C6H9NaO2. The second-order valence-corrected chi connectivity index (χ2v) is 2.06. The fourth-order valence-electron chi connectivity index (χ4n) is 0. The molecule has 0 unspecified atom stereocenters. The standard InChI is InChI=1S/C3H4O2.C3H5.Na/c1-2-3(4)5;1-3-2;/h2H,1H2,(H,4,5);3H,1-2H2;. The Labute approximate surface area is 72.7 Å². The number of allylic oxidation sites excluding steroid dienone is 1. The molecule has 0 aromatic rings. The summed E-state index contributed by atoms with van der Waals surface area (Å²) in [5.74, 6) is -0.981. The van der Waals surface area contributed by atoms with Crippen molar-refractivity contribution in [3.05, 3.63) is 25.3 Å². The zero-order valence-electron chi connectivity index (χ0n) is 5.63. The first kappa shape index (κ1) is 11.7. The van der Waals surface area contributed by atoms with Crippen LogP contribution in [0.4, 0.5) is 0 Å². The maximum atomic E-state index is 9.25. The molecule has 0 saturated heterocycles. The molecule has 0 atom stereocenters. The van der Waals surface area contributed by atoms with Gasteiger partial charge in [-0.3, -0.25) is 0 Å². The molecule has 0 aliphatic heterocycles. The number of aliphatic carboxylic acids is 1. The summed E-state index contributed by atoms with van der Waals surface area (Å²) in [5.41, 5.74) is 0. The molecule has 0 rings (SSSR count). The fourth-order valence-corrected chi connectivity index (χ4v) is 0. The first-order valence-corrected chi connectivity index (χ1v) is 4.06. The third kappa shape index (κ3) is 32.3. The van der Waals surface area contributed by atoms with Gasteiger partial charge < -0.3 is 5.11 Å². The molecule has 0 heterocycles. The van der Waals surface area contributed by atoms with Gasteiger partial charge in [-0.15, -0.1) is 0 Å². The molecule has 2 nitrogen and oxygen atoms in total. The van der Waals surface area contributed by atoms with Gasteiger partial charge in [0.2, 0.25) is 0 Å². The number of carboxylic acid groups (broad SMARTS) is 1. The molecule has 1 N–H and O–H groups in total. The van der Waals surface area contributed by atoms with Crippen molar-refractivity contribution < 1.29 is 9.90 Å². The summed E-state index contributed by atoms with van der Waals surface area (Å²) < 4.78 is 1.22. The molecule has 0 spiro atoms. The van der Waals surface area contributed by atoms with Crippen LogP contribution in [0.2, 0.25) is 3.67 Å². The second kappa shape index (κ2) is 10.8. The van der Waals surface area contributed by atoms with E-state index in [1.165, 1.54) is 31.6 Å². The van der Waals surface area contributed by atoms with E-state index in [9.17, 15) is 4.79 Å². The molecule has 0 aromatic heterocycles. The summed E-state index contributed by atoms with van der Waals surface area (Å²) in [6.45, 7) is 6.47. The molecule has 0 aromatic carbocycles. The van der Waals surface area contributed by atoms with Crippen LogP contribution in [0.3, 0.4) is 0 Å². The summed E-state index contributed by atoms with van der Waals surface area (Å²) >= 11 is 1.27. The van der Waals surface area contributed by atoms with Crippen LogP contribution in [0.5, 0.6) is 0 Å². The van der Waals surface area contributed by atoms with Gasteiger partial charge in [-0.25, -0.2) is 4.79 Å². The molecule has 3 heteroatoms. The average Bonchev–Trinajstić information content (AvgIpc) is 1.89. The van der Waals surface area contributed by atoms with Gasteiger partial charge in [-0.1, -0.05) is 6.58 Å². The van der Waals surface area contributed by atoms with E-state index in [1.54, 1.807) is 0 Å². The van der Waals surface area contributed by atoms with Gasteiger partial charge in [0.15, 0.2) is 0 Å². The molecule has 0 bridgehead atoms.